The van der Waals surface area contributed by atoms with Gasteiger partial charge >= 0.3 is 27.8 Å². The minimum absolute atomic E-state index is 0. The monoisotopic (exact) mass is 561 g/mol. The van der Waals surface area contributed by atoms with Crippen molar-refractivity contribution >= 4 is 50.3 Å². The molecule has 0 unspecified atom stereocenters. The summed E-state index contributed by atoms with van der Waals surface area (Å²) in [7, 11) is 4.06. The van der Waals surface area contributed by atoms with Crippen LogP contribution in [0.25, 0.3) is 0 Å². The first-order chi connectivity index (χ1) is 1.00. The Kier molecular flexibility index (Phi) is 260. The van der Waals surface area contributed by atoms with Gasteiger partial charge in [-0.05, 0) is 0 Å². The van der Waals surface area contributed by atoms with E-state index in [1.165, 1.54) is 0 Å². The van der Waals surface area contributed by atoms with Crippen LogP contribution in [-0.4, -0.2) is 0 Å². The van der Waals surface area contributed by atoms with Crippen LogP contribution in [-0.2, 0) is 58.5 Å². The van der Waals surface area contributed by atoms with Crippen molar-refractivity contribution in [2.75, 3.05) is 0 Å². The van der Waals surface area contributed by atoms with Crippen molar-refractivity contribution in [3.8, 4) is 0 Å². The summed E-state index contributed by atoms with van der Waals surface area (Å²) < 4.78 is 0. The van der Waals surface area contributed by atoms with E-state index in [4.69, 9.17) is 0 Å². The largest absolute Gasteiger partial charge is 0 e. The van der Waals surface area contributed by atoms with Crippen LogP contribution in [0.15, 0.2) is 0 Å². The van der Waals surface area contributed by atoms with Crippen LogP contribution < -0.4 is 0 Å². The van der Waals surface area contributed by atoms with E-state index in [9.17, 15) is 0 Å². The van der Waals surface area contributed by atoms with Crippen molar-refractivity contribution in [2.45, 2.75) is 0 Å². The summed E-state index contributed by atoms with van der Waals surface area (Å²) in [6.07, 6.45) is 0. The molecule has 0 aliphatic rings. The van der Waals surface area contributed by atoms with E-state index in [-0.39, 0.29) is 71.6 Å². The maximum atomic E-state index is 4.06. The van der Waals surface area contributed by atoms with Crippen LogP contribution >= 0.6 is 9.82 Å². The summed E-state index contributed by atoms with van der Waals surface area (Å²) in [5.74, 6) is 0. The van der Waals surface area contributed by atoms with Crippen molar-refractivity contribution in [3.05, 3.63) is 0 Å². The first-order valence-electron chi connectivity index (χ1n) is 0.129. The molecule has 0 N–H and O–H groups in total. The second kappa shape index (κ2) is 43.4. The minimum atomic E-state index is 0. The maximum absolute atomic E-state index is 4.06. The molecule has 0 amide bonds. The molecule has 0 aromatic carbocycles. The molecule has 0 aliphatic carbocycles. The zero-order valence-electron chi connectivity index (χ0n) is 2.45. The molecule has 0 heterocycles. The normalized spacial score (nSPS) is 1.00. The number of hydrogen-bond acceptors (Lipinski definition) is 1. The minimum Gasteiger partial charge on any atom is 0 e. The molecule has 0 fully saturated rings. The predicted molar refractivity (Wildman–Crippen MR) is 29.7 cm³/mol. The fourth-order valence-corrected chi connectivity index (χ4v) is 0. The standard InChI is InChI=1S/Pt.4S.U/q;;3*-2;. The van der Waals surface area contributed by atoms with E-state index in [0.29, 0.717) is 0 Å². The molecular formula is PtS4U-6. The van der Waals surface area contributed by atoms with E-state index in [2.05, 4.69) is 9.82 Å². The molecule has 6 heteroatoms. The third-order valence-electron chi connectivity index (χ3n) is 0. The molecule has 0 spiro atoms. The van der Waals surface area contributed by atoms with Crippen molar-refractivity contribution in [2.24, 2.45) is 0 Å². The number of hydrogen-bond donors (Lipinski definition) is 0. The third-order valence-corrected chi connectivity index (χ3v) is 0. The van der Waals surface area contributed by atoms with Crippen LogP contribution in [0.2, 0.25) is 0 Å². The fourth-order valence-electron chi connectivity index (χ4n) is 0. The Morgan fingerprint density at radius 2 is 0.833 bits per heavy atom. The van der Waals surface area contributed by atoms with Gasteiger partial charge in [-0.15, -0.1) is 0 Å². The Hall–Kier alpha value is 3.01. The van der Waals surface area contributed by atoms with Crippen LogP contribution in [0, 0.1) is 31.1 Å². The van der Waals surface area contributed by atoms with E-state index in [1.807, 2.05) is 0 Å². The average Bonchev–Trinajstić information content (AvgIpc) is 1.00. The quantitative estimate of drug-likeness (QED) is 0.419. The van der Waals surface area contributed by atoms with Gasteiger partial charge in [0.2, 0.25) is 0 Å². The van der Waals surface area contributed by atoms with Gasteiger partial charge in [0, 0.05) is 31.1 Å². The first kappa shape index (κ1) is 35.9. The summed E-state index contributed by atoms with van der Waals surface area (Å²) in [5.41, 5.74) is 0. The molecule has 0 aliphatic heterocycles. The second-order valence-electron chi connectivity index (χ2n) is 0. The van der Waals surface area contributed by atoms with Gasteiger partial charge in [0.15, 0.2) is 0 Å². The Bertz CT molecular complexity index is 7.51. The zero-order chi connectivity index (χ0) is 2.00. The van der Waals surface area contributed by atoms with Gasteiger partial charge in [-0.1, -0.05) is 0 Å². The maximum Gasteiger partial charge on any atom is 0 e. The second-order valence-corrected chi connectivity index (χ2v) is 0. The molecule has 0 aromatic rings. The van der Waals surface area contributed by atoms with Crippen LogP contribution in [0.4, 0.5) is 0 Å². The Labute approximate surface area is 97.7 Å². The Morgan fingerprint density at radius 3 is 0.833 bits per heavy atom. The van der Waals surface area contributed by atoms with Crippen molar-refractivity contribution in [3.63, 3.8) is 0 Å². The summed E-state index contributed by atoms with van der Waals surface area (Å²) in [6.45, 7) is 0. The molecular weight excluding hydrogens is 561 g/mol. The fraction of sp³-hybridized carbons (Fsp3) is 0. The Morgan fingerprint density at radius 1 is 0.833 bits per heavy atom. The summed E-state index contributed by atoms with van der Waals surface area (Å²) in [4.78, 5) is 0. The summed E-state index contributed by atoms with van der Waals surface area (Å²) in [5, 5.41) is 0. The van der Waals surface area contributed by atoms with Gasteiger partial charge in [0.05, 0.1) is 0 Å². The van der Waals surface area contributed by atoms with E-state index < -0.39 is 0 Å². The summed E-state index contributed by atoms with van der Waals surface area (Å²) in [6, 6.07) is 0. The van der Waals surface area contributed by atoms with E-state index in [0.717, 1.165) is 0 Å². The van der Waals surface area contributed by atoms with Gasteiger partial charge in [0.1, 0.15) is 0 Å². The van der Waals surface area contributed by atoms with E-state index in [1.54, 1.807) is 18.0 Å². The zero-order valence-corrected chi connectivity index (χ0v) is 12.2. The van der Waals surface area contributed by atoms with Gasteiger partial charge in [-0.3, -0.25) is 0 Å². The molecule has 0 radical (unpaired) electrons. The van der Waals surface area contributed by atoms with Crippen molar-refractivity contribution in [1.29, 1.82) is 0 Å². The predicted octanol–water partition coefficient (Wildman–Crippen LogP) is 0.639. The SMILES string of the molecule is [S-2].[S-2].[S-2].[S]=[Pt].[U]. The Balaban J connectivity index is -0.000000000833. The number of rotatable bonds is 0. The molecule has 0 saturated heterocycles. The van der Waals surface area contributed by atoms with Gasteiger partial charge in [0.25, 0.3) is 0 Å². The molecule has 0 atom stereocenters. The summed E-state index contributed by atoms with van der Waals surface area (Å²) >= 11 is 1.72. The molecule has 0 bridgehead atoms. The van der Waals surface area contributed by atoms with Gasteiger partial charge in [-0.2, -0.15) is 0 Å². The van der Waals surface area contributed by atoms with Crippen molar-refractivity contribution in [1.82, 2.24) is 0 Å². The molecule has 44 valence electrons. The van der Waals surface area contributed by atoms with Crippen molar-refractivity contribution < 1.29 is 49.1 Å². The molecule has 0 rings (SSSR count). The van der Waals surface area contributed by atoms with E-state index >= 15 is 0 Å². The smallest absolute Gasteiger partial charge is 0 e. The van der Waals surface area contributed by atoms with Gasteiger partial charge in [-0.25, -0.2) is 0 Å². The van der Waals surface area contributed by atoms with Crippen LogP contribution in [0.1, 0.15) is 0 Å². The molecule has 0 saturated carbocycles. The van der Waals surface area contributed by atoms with Crippen LogP contribution in [0.5, 0.6) is 0 Å². The molecule has 0 aromatic heterocycles. The first-order valence-corrected chi connectivity index (χ1v) is 3.17. The molecule has 0 nitrogen and oxygen atoms in total. The topological polar surface area (TPSA) is 0 Å². The van der Waals surface area contributed by atoms with Gasteiger partial charge < -0.3 is 40.5 Å². The van der Waals surface area contributed by atoms with Crippen LogP contribution in [0.3, 0.4) is 0 Å². The average molecular weight is 561 g/mol. The molecule has 6 heavy (non-hydrogen) atoms. The third kappa shape index (κ3) is 27.9.